The van der Waals surface area contributed by atoms with Gasteiger partial charge in [0.05, 0.1) is 16.5 Å². The molecule has 1 atom stereocenters. The van der Waals surface area contributed by atoms with Crippen LogP contribution >= 0.6 is 11.8 Å². The molecule has 2 aromatic carbocycles. The number of hydrogen-bond acceptors (Lipinski definition) is 5. The largest absolute Gasteiger partial charge is 0.478 e. The third kappa shape index (κ3) is 4.08. The van der Waals surface area contributed by atoms with E-state index < -0.39 is 29.6 Å². The molecule has 1 N–H and O–H groups in total. The van der Waals surface area contributed by atoms with Crippen molar-refractivity contribution in [3.8, 4) is 5.75 Å². The topological polar surface area (TPSA) is 83.9 Å². The first-order valence-electron chi connectivity index (χ1n) is 7.77. The first-order chi connectivity index (χ1) is 12.9. The van der Waals surface area contributed by atoms with Crippen LogP contribution in [0.15, 0.2) is 53.4 Å². The summed E-state index contributed by atoms with van der Waals surface area (Å²) in [7, 11) is 0. The van der Waals surface area contributed by atoms with Gasteiger partial charge in [-0.15, -0.1) is 11.8 Å². The fraction of sp³-hybridized carbons (Fsp3) is 0.167. The predicted molar refractivity (Wildman–Crippen MR) is 93.2 cm³/mol. The molecule has 1 aliphatic heterocycles. The fourth-order valence-electron chi connectivity index (χ4n) is 2.64. The zero-order valence-corrected chi connectivity index (χ0v) is 14.5. The van der Waals surface area contributed by atoms with Gasteiger partial charge in [-0.05, 0) is 36.4 Å². The minimum Gasteiger partial charge on any atom is -0.478 e. The van der Waals surface area contributed by atoms with Gasteiger partial charge in [-0.3, -0.25) is 9.59 Å². The van der Waals surface area contributed by atoms with Gasteiger partial charge in [-0.25, -0.2) is 9.69 Å². The molecule has 0 saturated carbocycles. The zero-order chi connectivity index (χ0) is 19.6. The lowest BCUT2D eigenvalue weighted by Crippen LogP contribution is -2.31. The lowest BCUT2D eigenvalue weighted by molar-refractivity contribution is -0.121. The first kappa shape index (κ1) is 18.8. The number of nitrogens with zero attached hydrogens (tertiary/aromatic N) is 1. The number of halogens is 2. The smallest absolute Gasteiger partial charge is 0.387 e. The van der Waals surface area contributed by atoms with Gasteiger partial charge in [-0.2, -0.15) is 8.78 Å². The van der Waals surface area contributed by atoms with Crippen molar-refractivity contribution < 1.29 is 33.0 Å². The standard InChI is InChI=1S/C18H13F2NO5S/c19-18(20)26-11-7-5-10(6-8-11)21-15(22)9-14(16(21)23)27-13-4-2-1-3-12(13)17(24)25/h1-8,14,18H,9H2,(H,24,25)/t14-/m0/s1. The second-order valence-corrected chi connectivity index (χ2v) is 6.80. The van der Waals surface area contributed by atoms with Gasteiger partial charge in [0.15, 0.2) is 0 Å². The SMILES string of the molecule is O=C(O)c1ccccc1S[C@H]1CC(=O)N(c2ccc(OC(F)F)cc2)C1=O. The van der Waals surface area contributed by atoms with Gasteiger partial charge in [0.1, 0.15) is 5.75 Å². The van der Waals surface area contributed by atoms with Crippen molar-refractivity contribution in [2.45, 2.75) is 23.2 Å². The Labute approximate surface area is 156 Å². The molecule has 140 valence electrons. The van der Waals surface area contributed by atoms with E-state index in [9.17, 15) is 28.3 Å². The number of imide groups is 1. The van der Waals surface area contributed by atoms with E-state index in [1.807, 2.05) is 0 Å². The molecule has 1 saturated heterocycles. The Morgan fingerprint density at radius 3 is 2.44 bits per heavy atom. The number of amides is 2. The number of carboxylic acids is 1. The number of anilines is 1. The number of thioether (sulfide) groups is 1. The average molecular weight is 393 g/mol. The van der Waals surface area contributed by atoms with Crippen LogP contribution in [-0.2, 0) is 9.59 Å². The summed E-state index contributed by atoms with van der Waals surface area (Å²) >= 11 is 1.01. The van der Waals surface area contributed by atoms with Crippen molar-refractivity contribution >= 4 is 35.2 Å². The zero-order valence-electron chi connectivity index (χ0n) is 13.7. The number of carbonyl (C=O) groups excluding carboxylic acids is 2. The minimum absolute atomic E-state index is 0.0506. The summed E-state index contributed by atoms with van der Waals surface area (Å²) in [5, 5.41) is 8.47. The van der Waals surface area contributed by atoms with Crippen LogP contribution in [0.3, 0.4) is 0 Å². The van der Waals surface area contributed by atoms with E-state index in [-0.39, 0.29) is 23.4 Å². The molecule has 0 unspecified atom stereocenters. The average Bonchev–Trinajstić information content (AvgIpc) is 2.89. The molecule has 0 radical (unpaired) electrons. The Morgan fingerprint density at radius 2 is 1.81 bits per heavy atom. The molecule has 0 aliphatic carbocycles. The first-order valence-corrected chi connectivity index (χ1v) is 8.65. The summed E-state index contributed by atoms with van der Waals surface area (Å²) in [5.41, 5.74) is 0.288. The van der Waals surface area contributed by atoms with E-state index in [0.29, 0.717) is 4.90 Å². The van der Waals surface area contributed by atoms with Gasteiger partial charge >= 0.3 is 12.6 Å². The number of benzene rings is 2. The Hall–Kier alpha value is -2.94. The molecule has 1 aliphatic rings. The number of hydrogen-bond donors (Lipinski definition) is 1. The molecular weight excluding hydrogens is 380 g/mol. The third-order valence-electron chi connectivity index (χ3n) is 3.81. The third-order valence-corrected chi connectivity index (χ3v) is 5.07. The number of aromatic carboxylic acids is 1. The van der Waals surface area contributed by atoms with Crippen LogP contribution in [0.1, 0.15) is 16.8 Å². The highest BCUT2D eigenvalue weighted by Gasteiger charge is 2.40. The molecule has 1 heterocycles. The van der Waals surface area contributed by atoms with Gasteiger partial charge in [0, 0.05) is 11.3 Å². The molecule has 3 rings (SSSR count). The van der Waals surface area contributed by atoms with Crippen LogP contribution < -0.4 is 9.64 Å². The molecule has 0 spiro atoms. The van der Waals surface area contributed by atoms with Crippen LogP contribution in [0.25, 0.3) is 0 Å². The van der Waals surface area contributed by atoms with E-state index in [1.54, 1.807) is 18.2 Å². The van der Waals surface area contributed by atoms with Gasteiger partial charge in [0.25, 0.3) is 0 Å². The van der Waals surface area contributed by atoms with Gasteiger partial charge in [0.2, 0.25) is 11.8 Å². The second kappa shape index (κ2) is 7.75. The van der Waals surface area contributed by atoms with E-state index in [2.05, 4.69) is 4.74 Å². The highest BCUT2D eigenvalue weighted by molar-refractivity contribution is 8.00. The molecule has 1 fully saturated rings. The molecule has 27 heavy (non-hydrogen) atoms. The maximum absolute atomic E-state index is 12.7. The van der Waals surface area contributed by atoms with E-state index >= 15 is 0 Å². The molecule has 6 nitrogen and oxygen atoms in total. The summed E-state index contributed by atoms with van der Waals surface area (Å²) in [6.45, 7) is -2.97. The molecule has 9 heteroatoms. The summed E-state index contributed by atoms with van der Waals surface area (Å²) in [6, 6.07) is 11.4. The van der Waals surface area contributed by atoms with Gasteiger partial charge < -0.3 is 9.84 Å². The van der Waals surface area contributed by atoms with Crippen molar-refractivity contribution in [1.29, 1.82) is 0 Å². The fourth-order valence-corrected chi connectivity index (χ4v) is 3.82. The predicted octanol–water partition coefficient (Wildman–Crippen LogP) is 3.41. The van der Waals surface area contributed by atoms with Crippen molar-refractivity contribution in [3.05, 3.63) is 54.1 Å². The maximum atomic E-state index is 12.7. The number of rotatable bonds is 6. The van der Waals surface area contributed by atoms with Crippen LogP contribution in [0, 0.1) is 0 Å². The summed E-state index contributed by atoms with van der Waals surface area (Å²) in [5.74, 6) is -2.16. The van der Waals surface area contributed by atoms with E-state index in [4.69, 9.17) is 0 Å². The van der Waals surface area contributed by atoms with Crippen molar-refractivity contribution in [1.82, 2.24) is 0 Å². The Balaban J connectivity index is 1.78. The summed E-state index contributed by atoms with van der Waals surface area (Å²) in [6.07, 6.45) is -0.0905. The highest BCUT2D eigenvalue weighted by Crippen LogP contribution is 2.36. The lowest BCUT2D eigenvalue weighted by atomic mass is 10.2. The number of carbonyl (C=O) groups is 3. The number of alkyl halides is 2. The Morgan fingerprint density at radius 1 is 1.15 bits per heavy atom. The quantitative estimate of drug-likeness (QED) is 0.758. The normalized spacial score (nSPS) is 16.9. The highest BCUT2D eigenvalue weighted by atomic mass is 32.2. The Bertz CT molecular complexity index is 888. The lowest BCUT2D eigenvalue weighted by Gasteiger charge is -2.16. The van der Waals surface area contributed by atoms with Gasteiger partial charge in [-0.1, -0.05) is 12.1 Å². The molecule has 2 amide bonds. The number of ether oxygens (including phenoxy) is 1. The Kier molecular flexibility index (Phi) is 5.41. The minimum atomic E-state index is -2.97. The second-order valence-electron chi connectivity index (χ2n) is 5.55. The van der Waals surface area contributed by atoms with Crippen molar-refractivity contribution in [3.63, 3.8) is 0 Å². The van der Waals surface area contributed by atoms with Crippen LogP contribution in [0.4, 0.5) is 14.5 Å². The van der Waals surface area contributed by atoms with Crippen molar-refractivity contribution in [2.24, 2.45) is 0 Å². The van der Waals surface area contributed by atoms with E-state index in [0.717, 1.165) is 16.7 Å². The van der Waals surface area contributed by atoms with Crippen molar-refractivity contribution in [2.75, 3.05) is 4.90 Å². The summed E-state index contributed by atoms with van der Waals surface area (Å²) in [4.78, 5) is 37.6. The maximum Gasteiger partial charge on any atom is 0.387 e. The molecule has 0 aromatic heterocycles. The molecule has 0 bridgehead atoms. The monoisotopic (exact) mass is 393 g/mol. The number of carboxylic acid groups (broad SMARTS) is 1. The summed E-state index contributed by atoms with van der Waals surface area (Å²) < 4.78 is 28.7. The van der Waals surface area contributed by atoms with Crippen LogP contribution in [0.2, 0.25) is 0 Å². The molecule has 2 aromatic rings. The molecular formula is C18H13F2NO5S. The van der Waals surface area contributed by atoms with Crippen LogP contribution in [0.5, 0.6) is 5.75 Å². The van der Waals surface area contributed by atoms with Crippen LogP contribution in [-0.4, -0.2) is 34.8 Å². The van der Waals surface area contributed by atoms with E-state index in [1.165, 1.54) is 30.3 Å².